The third kappa shape index (κ3) is 3.83. The molecule has 4 rings (SSSR count). The quantitative estimate of drug-likeness (QED) is 0.464. The molecule has 3 amide bonds. The number of carbonyl (C=O) groups is 3. The number of fused-ring (bicyclic) bond motifs is 1. The van der Waals surface area contributed by atoms with Crippen LogP contribution in [0, 0.1) is 0 Å². The Kier molecular flexibility index (Phi) is 5.44. The van der Waals surface area contributed by atoms with Crippen LogP contribution in [0.4, 0.5) is 24.5 Å². The smallest absolute Gasteiger partial charge is 0.321 e. The van der Waals surface area contributed by atoms with Crippen molar-refractivity contribution in [2.75, 3.05) is 10.2 Å². The van der Waals surface area contributed by atoms with Gasteiger partial charge < -0.3 is 5.32 Å². The Morgan fingerprint density at radius 3 is 2.03 bits per heavy atom. The normalized spacial score (nSPS) is 13.3. The number of rotatable bonds is 3. The maximum Gasteiger partial charge on any atom is 0.418 e. The Balaban J connectivity index is 1.65. The van der Waals surface area contributed by atoms with E-state index in [9.17, 15) is 27.6 Å². The molecular formula is C22H11Cl2F3N2O3. The van der Waals surface area contributed by atoms with Crippen LogP contribution in [-0.2, 0) is 6.18 Å². The topological polar surface area (TPSA) is 66.5 Å². The zero-order valence-electron chi connectivity index (χ0n) is 15.8. The van der Waals surface area contributed by atoms with Crippen molar-refractivity contribution in [1.29, 1.82) is 0 Å². The van der Waals surface area contributed by atoms with Gasteiger partial charge in [0.15, 0.2) is 0 Å². The van der Waals surface area contributed by atoms with Crippen LogP contribution < -0.4 is 10.2 Å². The highest BCUT2D eigenvalue weighted by atomic mass is 35.5. The second-order valence-electron chi connectivity index (χ2n) is 6.81. The molecule has 0 aliphatic carbocycles. The molecule has 3 aromatic rings. The predicted molar refractivity (Wildman–Crippen MR) is 113 cm³/mol. The number of carbonyl (C=O) groups excluding carboxylic acids is 3. The van der Waals surface area contributed by atoms with E-state index in [0.717, 1.165) is 17.0 Å². The average Bonchev–Trinajstić information content (AvgIpc) is 2.97. The van der Waals surface area contributed by atoms with E-state index in [2.05, 4.69) is 5.32 Å². The maximum absolute atomic E-state index is 13.2. The van der Waals surface area contributed by atoms with Gasteiger partial charge in [-0.25, -0.2) is 4.90 Å². The molecule has 0 bridgehead atoms. The molecule has 32 heavy (non-hydrogen) atoms. The summed E-state index contributed by atoms with van der Waals surface area (Å²) in [6, 6.07) is 12.5. The second-order valence-corrected chi connectivity index (χ2v) is 7.62. The average molecular weight is 479 g/mol. The Morgan fingerprint density at radius 2 is 1.44 bits per heavy atom. The highest BCUT2D eigenvalue weighted by Crippen LogP contribution is 2.36. The lowest BCUT2D eigenvalue weighted by Crippen LogP contribution is -2.29. The van der Waals surface area contributed by atoms with E-state index in [4.69, 9.17) is 23.2 Å². The van der Waals surface area contributed by atoms with E-state index in [1.807, 2.05) is 0 Å². The highest BCUT2D eigenvalue weighted by Gasteiger charge is 2.38. The lowest BCUT2D eigenvalue weighted by atomic mass is 10.1. The van der Waals surface area contributed by atoms with Gasteiger partial charge in [-0.15, -0.1) is 0 Å². The van der Waals surface area contributed by atoms with Gasteiger partial charge in [0.25, 0.3) is 17.7 Å². The second kappa shape index (κ2) is 7.96. The van der Waals surface area contributed by atoms with Crippen LogP contribution in [0.5, 0.6) is 0 Å². The van der Waals surface area contributed by atoms with Gasteiger partial charge in [0.1, 0.15) is 0 Å². The first-order chi connectivity index (χ1) is 15.1. The van der Waals surface area contributed by atoms with E-state index in [1.165, 1.54) is 48.5 Å². The molecule has 0 spiro atoms. The van der Waals surface area contributed by atoms with Crippen LogP contribution in [0.1, 0.15) is 36.6 Å². The molecule has 0 saturated carbocycles. The van der Waals surface area contributed by atoms with Gasteiger partial charge in [0.05, 0.1) is 38.1 Å². The third-order valence-corrected chi connectivity index (χ3v) is 5.50. The highest BCUT2D eigenvalue weighted by molar-refractivity contribution is 6.44. The number of halogens is 5. The molecule has 0 saturated heterocycles. The van der Waals surface area contributed by atoms with Gasteiger partial charge in [-0.3, -0.25) is 14.4 Å². The van der Waals surface area contributed by atoms with Crippen molar-refractivity contribution in [2.45, 2.75) is 6.18 Å². The van der Waals surface area contributed by atoms with Crippen molar-refractivity contribution in [1.82, 2.24) is 0 Å². The van der Waals surface area contributed by atoms with Gasteiger partial charge in [-0.05, 0) is 42.5 Å². The minimum atomic E-state index is -4.66. The molecule has 0 unspecified atom stereocenters. The Hall–Kier alpha value is -3.36. The lowest BCUT2D eigenvalue weighted by Gasteiger charge is -2.16. The molecule has 3 aromatic carbocycles. The van der Waals surface area contributed by atoms with E-state index in [-0.39, 0.29) is 32.4 Å². The van der Waals surface area contributed by atoms with Crippen LogP contribution in [0.3, 0.4) is 0 Å². The van der Waals surface area contributed by atoms with E-state index in [1.54, 1.807) is 0 Å². The van der Waals surface area contributed by atoms with Crippen LogP contribution in [0.25, 0.3) is 0 Å². The number of amides is 3. The number of imide groups is 1. The molecule has 162 valence electrons. The van der Waals surface area contributed by atoms with Gasteiger partial charge in [0, 0.05) is 5.56 Å². The summed E-state index contributed by atoms with van der Waals surface area (Å²) in [6.07, 6.45) is -4.66. The summed E-state index contributed by atoms with van der Waals surface area (Å²) < 4.78 is 39.6. The number of anilines is 2. The molecule has 1 aliphatic heterocycles. The Morgan fingerprint density at radius 1 is 0.844 bits per heavy atom. The molecular weight excluding hydrogens is 468 g/mol. The summed E-state index contributed by atoms with van der Waals surface area (Å²) in [7, 11) is 0. The number of hydrogen-bond acceptors (Lipinski definition) is 3. The van der Waals surface area contributed by atoms with E-state index < -0.39 is 35.1 Å². The fourth-order valence-corrected chi connectivity index (χ4v) is 3.62. The van der Waals surface area contributed by atoms with Crippen LogP contribution in [-0.4, -0.2) is 17.7 Å². The first-order valence-corrected chi connectivity index (χ1v) is 9.79. The minimum Gasteiger partial charge on any atom is -0.321 e. The molecule has 0 fully saturated rings. The minimum absolute atomic E-state index is 0.0490. The Bertz CT molecular complexity index is 1250. The third-order valence-electron chi connectivity index (χ3n) is 4.77. The summed E-state index contributed by atoms with van der Waals surface area (Å²) in [4.78, 5) is 39.0. The monoisotopic (exact) mass is 478 g/mol. The fourth-order valence-electron chi connectivity index (χ4n) is 3.29. The van der Waals surface area contributed by atoms with E-state index in [0.29, 0.717) is 0 Å². The van der Waals surface area contributed by atoms with Gasteiger partial charge in [0.2, 0.25) is 0 Å². The fraction of sp³-hybridized carbons (Fsp3) is 0.0455. The van der Waals surface area contributed by atoms with Gasteiger partial charge in [-0.1, -0.05) is 41.4 Å². The van der Waals surface area contributed by atoms with Crippen molar-refractivity contribution >= 4 is 52.3 Å². The summed E-state index contributed by atoms with van der Waals surface area (Å²) in [5.74, 6) is -2.17. The van der Waals surface area contributed by atoms with Crippen LogP contribution in [0.15, 0.2) is 60.7 Å². The standard InChI is InChI=1S/C22H11Cl2F3N2O3/c23-16-9-13-14(10-17(16)24)21(32)29(20(13)31)12-5-3-4-11(8-12)19(30)28-18-7-2-1-6-15(18)22(25,26)27/h1-10H,(H,28,30). The SMILES string of the molecule is O=C(Nc1ccccc1C(F)(F)F)c1cccc(N2C(=O)c3cc(Cl)c(Cl)cc3C2=O)c1. The van der Waals surface area contributed by atoms with Crippen LogP contribution in [0.2, 0.25) is 10.0 Å². The number of nitrogens with zero attached hydrogens (tertiary/aromatic N) is 1. The first-order valence-electron chi connectivity index (χ1n) is 9.03. The Labute approximate surface area is 189 Å². The van der Waals surface area contributed by atoms with E-state index >= 15 is 0 Å². The molecule has 0 atom stereocenters. The zero-order valence-corrected chi connectivity index (χ0v) is 17.3. The predicted octanol–water partition coefficient (Wildman–Crippen LogP) is 6.07. The largest absolute Gasteiger partial charge is 0.418 e. The maximum atomic E-state index is 13.2. The summed E-state index contributed by atoms with van der Waals surface area (Å²) in [5.41, 5.74) is -1.29. The lowest BCUT2D eigenvalue weighted by molar-refractivity contribution is -0.136. The van der Waals surface area contributed by atoms with Crippen molar-refractivity contribution in [3.63, 3.8) is 0 Å². The van der Waals surface area contributed by atoms with Crippen LogP contribution >= 0.6 is 23.2 Å². The molecule has 10 heteroatoms. The zero-order chi connectivity index (χ0) is 23.2. The van der Waals surface area contributed by atoms with Crippen molar-refractivity contribution in [3.05, 3.63) is 93.0 Å². The summed E-state index contributed by atoms with van der Waals surface area (Å²) >= 11 is 11.9. The molecule has 1 heterocycles. The number of hydrogen-bond donors (Lipinski definition) is 1. The van der Waals surface area contributed by atoms with Crippen molar-refractivity contribution in [2.24, 2.45) is 0 Å². The number of benzene rings is 3. The molecule has 5 nitrogen and oxygen atoms in total. The summed E-state index contributed by atoms with van der Waals surface area (Å²) in [5, 5.41) is 2.43. The number of alkyl halides is 3. The van der Waals surface area contributed by atoms with Crippen molar-refractivity contribution < 1.29 is 27.6 Å². The van der Waals surface area contributed by atoms with Crippen molar-refractivity contribution in [3.8, 4) is 0 Å². The molecule has 1 N–H and O–H groups in total. The molecule has 1 aliphatic rings. The van der Waals surface area contributed by atoms with Gasteiger partial charge in [-0.2, -0.15) is 13.2 Å². The molecule has 0 aromatic heterocycles. The summed E-state index contributed by atoms with van der Waals surface area (Å²) in [6.45, 7) is 0. The molecule has 0 radical (unpaired) electrons. The van der Waals surface area contributed by atoms with Gasteiger partial charge >= 0.3 is 6.18 Å². The number of nitrogens with one attached hydrogen (secondary N) is 1. The first kappa shape index (κ1) is 21.9. The number of para-hydroxylation sites is 1.